The zero-order valence-corrected chi connectivity index (χ0v) is 14.4. The maximum Gasteiger partial charge on any atom is 0.261 e. The Labute approximate surface area is 144 Å². The van der Waals surface area contributed by atoms with E-state index >= 15 is 0 Å². The summed E-state index contributed by atoms with van der Waals surface area (Å²) < 4.78 is 13.4. The maximum atomic E-state index is 13.4. The summed E-state index contributed by atoms with van der Waals surface area (Å²) >= 11 is 1.32. The van der Waals surface area contributed by atoms with Crippen LogP contribution >= 0.6 is 11.3 Å². The molecule has 0 bridgehead atoms. The summed E-state index contributed by atoms with van der Waals surface area (Å²) in [5.74, 6) is -0.869. The van der Waals surface area contributed by atoms with Crippen LogP contribution < -0.4 is 10.6 Å². The molecule has 2 N–H and O–H groups in total. The lowest BCUT2D eigenvalue weighted by atomic mass is 10.1. The Morgan fingerprint density at radius 1 is 1.21 bits per heavy atom. The number of halogens is 1. The van der Waals surface area contributed by atoms with Crippen molar-refractivity contribution in [1.29, 1.82) is 0 Å². The number of likely N-dealkylation sites (N-methyl/N-ethyl adjacent to an activating group) is 1. The standard InChI is InChI=1S/C17H20FN3O2S/c1-21(2)14(12-5-3-6-13(18)9-12)10-19-16(22)11-20-17(23)15-7-4-8-24-15/h3-9,14H,10-11H2,1-2H3,(H,19,22)(H,20,23). The molecule has 2 amide bonds. The average Bonchev–Trinajstić information content (AvgIpc) is 3.07. The van der Waals surface area contributed by atoms with Crippen LogP contribution in [0.1, 0.15) is 21.3 Å². The van der Waals surface area contributed by atoms with Crippen molar-refractivity contribution < 1.29 is 14.0 Å². The number of thiophene rings is 1. The van der Waals surface area contributed by atoms with Crippen LogP contribution in [0.3, 0.4) is 0 Å². The number of rotatable bonds is 7. The lowest BCUT2D eigenvalue weighted by Crippen LogP contribution is -2.40. The van der Waals surface area contributed by atoms with Crippen LogP contribution in [0.15, 0.2) is 41.8 Å². The quantitative estimate of drug-likeness (QED) is 0.804. The predicted octanol–water partition coefficient (Wildman–Crippen LogP) is 2.04. The van der Waals surface area contributed by atoms with Crippen molar-refractivity contribution in [3.8, 4) is 0 Å². The Balaban J connectivity index is 1.85. The van der Waals surface area contributed by atoms with E-state index in [2.05, 4.69) is 10.6 Å². The van der Waals surface area contributed by atoms with Gasteiger partial charge in [-0.25, -0.2) is 4.39 Å². The van der Waals surface area contributed by atoms with E-state index < -0.39 is 0 Å². The SMILES string of the molecule is CN(C)C(CNC(=O)CNC(=O)c1cccs1)c1cccc(F)c1. The summed E-state index contributed by atoms with van der Waals surface area (Å²) in [5, 5.41) is 7.14. The van der Waals surface area contributed by atoms with Gasteiger partial charge in [-0.1, -0.05) is 18.2 Å². The molecule has 0 aliphatic carbocycles. The van der Waals surface area contributed by atoms with Crippen LogP contribution in [0, 0.1) is 5.82 Å². The van der Waals surface area contributed by atoms with Crippen LogP contribution in [0.4, 0.5) is 4.39 Å². The lowest BCUT2D eigenvalue weighted by molar-refractivity contribution is -0.120. The summed E-state index contributed by atoms with van der Waals surface area (Å²) in [7, 11) is 3.72. The Hall–Kier alpha value is -2.25. The van der Waals surface area contributed by atoms with E-state index in [1.165, 1.54) is 23.5 Å². The summed E-state index contributed by atoms with van der Waals surface area (Å²) in [5.41, 5.74) is 0.780. The molecular weight excluding hydrogens is 329 g/mol. The summed E-state index contributed by atoms with van der Waals surface area (Å²) in [4.78, 5) is 26.2. The average molecular weight is 349 g/mol. The fraction of sp³-hybridized carbons (Fsp3) is 0.294. The van der Waals surface area contributed by atoms with Gasteiger partial charge in [0.25, 0.3) is 5.91 Å². The summed E-state index contributed by atoms with van der Waals surface area (Å²) in [6.45, 7) is 0.226. The first-order chi connectivity index (χ1) is 11.5. The lowest BCUT2D eigenvalue weighted by Gasteiger charge is -2.25. The first-order valence-corrected chi connectivity index (χ1v) is 8.35. The molecule has 2 rings (SSSR count). The highest BCUT2D eigenvalue weighted by atomic mass is 32.1. The second-order valence-corrected chi connectivity index (χ2v) is 6.45. The molecule has 0 aliphatic heterocycles. The Morgan fingerprint density at radius 2 is 2.00 bits per heavy atom. The fourth-order valence-corrected chi connectivity index (χ4v) is 2.88. The molecule has 1 heterocycles. The monoisotopic (exact) mass is 349 g/mol. The molecular formula is C17H20FN3O2S. The predicted molar refractivity (Wildman–Crippen MR) is 92.5 cm³/mol. The number of nitrogens with one attached hydrogen (secondary N) is 2. The Bertz CT molecular complexity index is 689. The van der Waals surface area contributed by atoms with Gasteiger partial charge in [-0.05, 0) is 43.2 Å². The van der Waals surface area contributed by atoms with Gasteiger partial charge < -0.3 is 15.5 Å². The van der Waals surface area contributed by atoms with E-state index in [9.17, 15) is 14.0 Å². The van der Waals surface area contributed by atoms with Gasteiger partial charge in [0, 0.05) is 6.54 Å². The number of hydrogen-bond acceptors (Lipinski definition) is 4. The maximum absolute atomic E-state index is 13.4. The first kappa shape index (κ1) is 18.1. The molecule has 5 nitrogen and oxygen atoms in total. The van der Waals surface area contributed by atoms with Gasteiger partial charge >= 0.3 is 0 Å². The highest BCUT2D eigenvalue weighted by Crippen LogP contribution is 2.18. The number of benzene rings is 1. The highest BCUT2D eigenvalue weighted by Gasteiger charge is 2.16. The summed E-state index contributed by atoms with van der Waals surface area (Å²) in [6, 6.07) is 9.62. The molecule has 0 radical (unpaired) electrons. The van der Waals surface area contributed by atoms with Gasteiger partial charge in [-0.2, -0.15) is 0 Å². The van der Waals surface area contributed by atoms with Gasteiger partial charge in [-0.15, -0.1) is 11.3 Å². The molecule has 1 unspecified atom stereocenters. The van der Waals surface area contributed by atoms with E-state index in [0.717, 1.165) is 5.56 Å². The minimum Gasteiger partial charge on any atom is -0.353 e. The molecule has 24 heavy (non-hydrogen) atoms. The van der Waals surface area contributed by atoms with Crippen LogP contribution in [0.25, 0.3) is 0 Å². The zero-order chi connectivity index (χ0) is 17.5. The van der Waals surface area contributed by atoms with Crippen molar-refractivity contribution >= 4 is 23.2 Å². The number of hydrogen-bond donors (Lipinski definition) is 2. The first-order valence-electron chi connectivity index (χ1n) is 7.47. The van der Waals surface area contributed by atoms with E-state index in [1.54, 1.807) is 23.6 Å². The van der Waals surface area contributed by atoms with Crippen LogP contribution in [-0.4, -0.2) is 43.9 Å². The minimum atomic E-state index is -0.311. The topological polar surface area (TPSA) is 61.4 Å². The molecule has 0 saturated carbocycles. The Morgan fingerprint density at radius 3 is 2.62 bits per heavy atom. The largest absolute Gasteiger partial charge is 0.353 e. The Kier molecular flexibility index (Phi) is 6.45. The van der Waals surface area contributed by atoms with Gasteiger partial charge in [0.05, 0.1) is 17.5 Å². The van der Waals surface area contributed by atoms with E-state index in [0.29, 0.717) is 11.4 Å². The smallest absolute Gasteiger partial charge is 0.261 e. The molecule has 0 spiro atoms. The molecule has 0 aliphatic rings. The second-order valence-electron chi connectivity index (χ2n) is 5.50. The van der Waals surface area contributed by atoms with Crippen LogP contribution in [-0.2, 0) is 4.79 Å². The van der Waals surface area contributed by atoms with Crippen LogP contribution in [0.5, 0.6) is 0 Å². The molecule has 0 fully saturated rings. The highest BCUT2D eigenvalue weighted by molar-refractivity contribution is 7.12. The van der Waals surface area contributed by atoms with Gasteiger partial charge in [-0.3, -0.25) is 9.59 Å². The molecule has 128 valence electrons. The van der Waals surface area contributed by atoms with Crippen molar-refractivity contribution in [2.75, 3.05) is 27.2 Å². The van der Waals surface area contributed by atoms with Crippen molar-refractivity contribution in [1.82, 2.24) is 15.5 Å². The van der Waals surface area contributed by atoms with E-state index in [4.69, 9.17) is 0 Å². The minimum absolute atomic E-state index is 0.0972. The van der Waals surface area contributed by atoms with Gasteiger partial charge in [0.1, 0.15) is 5.82 Å². The molecule has 1 atom stereocenters. The van der Waals surface area contributed by atoms with E-state index in [1.807, 2.05) is 25.1 Å². The number of nitrogens with zero attached hydrogens (tertiary/aromatic N) is 1. The molecule has 2 aromatic rings. The van der Waals surface area contributed by atoms with Crippen molar-refractivity contribution in [2.45, 2.75) is 6.04 Å². The molecule has 0 saturated heterocycles. The second kappa shape index (κ2) is 8.56. The molecule has 7 heteroatoms. The van der Waals surface area contributed by atoms with Crippen LogP contribution in [0.2, 0.25) is 0 Å². The zero-order valence-electron chi connectivity index (χ0n) is 13.6. The van der Waals surface area contributed by atoms with Crippen molar-refractivity contribution in [2.24, 2.45) is 0 Å². The molecule has 1 aromatic heterocycles. The van der Waals surface area contributed by atoms with Crippen molar-refractivity contribution in [3.63, 3.8) is 0 Å². The third-order valence-corrected chi connectivity index (χ3v) is 4.37. The fourth-order valence-electron chi connectivity index (χ4n) is 2.24. The third kappa shape index (κ3) is 5.14. The number of carbonyl (C=O) groups excluding carboxylic acids is 2. The normalized spacial score (nSPS) is 12.0. The number of carbonyl (C=O) groups is 2. The molecule has 1 aromatic carbocycles. The summed E-state index contributed by atoms with van der Waals surface area (Å²) in [6.07, 6.45) is 0. The van der Waals surface area contributed by atoms with Gasteiger partial charge in [0.15, 0.2) is 0 Å². The third-order valence-electron chi connectivity index (χ3n) is 3.50. The van der Waals surface area contributed by atoms with Gasteiger partial charge in [0.2, 0.25) is 5.91 Å². The van der Waals surface area contributed by atoms with Crippen molar-refractivity contribution in [3.05, 3.63) is 58.0 Å². The van der Waals surface area contributed by atoms with E-state index in [-0.39, 0.29) is 30.2 Å². The number of amides is 2.